The summed E-state index contributed by atoms with van der Waals surface area (Å²) in [4.78, 5) is 2.28. The summed E-state index contributed by atoms with van der Waals surface area (Å²) < 4.78 is 13.1. The van der Waals surface area contributed by atoms with Crippen molar-refractivity contribution in [2.24, 2.45) is 7.05 Å². The minimum atomic E-state index is -0.0437. The minimum absolute atomic E-state index is 0.0437. The highest BCUT2D eigenvalue weighted by molar-refractivity contribution is 5.56. The fourth-order valence-corrected chi connectivity index (χ4v) is 3.15. The van der Waals surface area contributed by atoms with E-state index in [4.69, 9.17) is 14.5 Å². The van der Waals surface area contributed by atoms with Gasteiger partial charge in [0.25, 0.3) is 0 Å². The van der Waals surface area contributed by atoms with Crippen molar-refractivity contribution in [1.82, 2.24) is 19.8 Å². The second-order valence-corrected chi connectivity index (χ2v) is 6.41. The zero-order valence-corrected chi connectivity index (χ0v) is 14.5. The number of ether oxygens (including phenoxy) is 1. The Balaban J connectivity index is 1.44. The van der Waals surface area contributed by atoms with Gasteiger partial charge in [-0.25, -0.2) is 0 Å². The quantitative estimate of drug-likeness (QED) is 0.720. The van der Waals surface area contributed by atoms with E-state index in [9.17, 15) is 0 Å². The molecule has 1 aromatic carbocycles. The molecule has 4 rings (SSSR count). The maximum absolute atomic E-state index is 9.08. The Morgan fingerprint density at radius 3 is 3.08 bits per heavy atom. The van der Waals surface area contributed by atoms with Gasteiger partial charge in [0.2, 0.25) is 0 Å². The predicted octanol–water partition coefficient (Wildman–Crippen LogP) is 2.52. The number of morpholine rings is 1. The van der Waals surface area contributed by atoms with Gasteiger partial charge in [-0.15, -0.1) is 0 Å². The number of hydrogen-bond donors (Lipinski definition) is 0. The molecule has 0 aliphatic carbocycles. The van der Waals surface area contributed by atoms with Crippen LogP contribution >= 0.6 is 0 Å². The molecule has 1 aliphatic rings. The van der Waals surface area contributed by atoms with Crippen LogP contribution in [0.15, 0.2) is 47.2 Å². The number of hydrogen-bond acceptors (Lipinski definition) is 6. The van der Waals surface area contributed by atoms with E-state index in [-0.39, 0.29) is 6.10 Å². The van der Waals surface area contributed by atoms with Gasteiger partial charge in [-0.05, 0) is 17.7 Å². The van der Waals surface area contributed by atoms with Gasteiger partial charge in [0.05, 0.1) is 37.1 Å². The Bertz CT molecular complexity index is 939. The Morgan fingerprint density at radius 2 is 2.27 bits per heavy atom. The Kier molecular flexibility index (Phi) is 4.52. The van der Waals surface area contributed by atoms with Crippen molar-refractivity contribution in [3.63, 3.8) is 0 Å². The van der Waals surface area contributed by atoms with Crippen molar-refractivity contribution in [1.29, 1.82) is 5.26 Å². The summed E-state index contributed by atoms with van der Waals surface area (Å²) in [5.74, 6) is 0.815. The van der Waals surface area contributed by atoms with Crippen molar-refractivity contribution in [3.8, 4) is 17.3 Å². The molecule has 26 heavy (non-hydrogen) atoms. The van der Waals surface area contributed by atoms with Crippen LogP contribution in [0.1, 0.15) is 23.0 Å². The molecule has 0 radical (unpaired) electrons. The van der Waals surface area contributed by atoms with Crippen LogP contribution in [0.2, 0.25) is 0 Å². The molecule has 0 bridgehead atoms. The molecule has 0 saturated carbocycles. The van der Waals surface area contributed by atoms with E-state index < -0.39 is 0 Å². The zero-order valence-electron chi connectivity index (χ0n) is 14.5. The minimum Gasteiger partial charge on any atom is -0.371 e. The van der Waals surface area contributed by atoms with Crippen LogP contribution in [-0.4, -0.2) is 39.5 Å². The topological polar surface area (TPSA) is 80.1 Å². The van der Waals surface area contributed by atoms with Crippen LogP contribution in [0.25, 0.3) is 11.3 Å². The first-order chi connectivity index (χ1) is 12.7. The molecule has 1 unspecified atom stereocenters. The lowest BCUT2D eigenvalue weighted by Gasteiger charge is -2.32. The second kappa shape index (κ2) is 7.12. The summed E-state index contributed by atoms with van der Waals surface area (Å²) in [6.45, 7) is 2.89. The average molecular weight is 349 g/mol. The molecule has 1 aliphatic heterocycles. The number of aryl methyl sites for hydroxylation is 1. The first-order valence-electron chi connectivity index (χ1n) is 8.50. The van der Waals surface area contributed by atoms with Crippen LogP contribution in [0, 0.1) is 11.3 Å². The maximum Gasteiger partial charge on any atom is 0.151 e. The molecule has 1 atom stereocenters. The molecular weight excluding hydrogens is 330 g/mol. The highest BCUT2D eigenvalue weighted by Crippen LogP contribution is 2.25. The van der Waals surface area contributed by atoms with E-state index in [1.54, 1.807) is 16.9 Å². The van der Waals surface area contributed by atoms with Gasteiger partial charge >= 0.3 is 0 Å². The third-order valence-corrected chi connectivity index (χ3v) is 4.48. The van der Waals surface area contributed by atoms with Gasteiger partial charge in [-0.2, -0.15) is 10.4 Å². The van der Waals surface area contributed by atoms with Gasteiger partial charge in [-0.1, -0.05) is 17.3 Å². The summed E-state index contributed by atoms with van der Waals surface area (Å²) >= 11 is 0. The van der Waals surface area contributed by atoms with E-state index in [0.717, 1.165) is 35.7 Å². The van der Waals surface area contributed by atoms with Crippen LogP contribution < -0.4 is 0 Å². The van der Waals surface area contributed by atoms with Crippen LogP contribution in [-0.2, 0) is 18.3 Å². The van der Waals surface area contributed by atoms with Crippen molar-refractivity contribution in [2.75, 3.05) is 19.7 Å². The highest BCUT2D eigenvalue weighted by atomic mass is 16.5. The fraction of sp³-hybridized carbons (Fsp3) is 0.316. The van der Waals surface area contributed by atoms with E-state index in [1.165, 1.54) is 0 Å². The molecule has 3 aromatic rings. The molecular formula is C19H19N5O2. The lowest BCUT2D eigenvalue weighted by molar-refractivity contribution is -0.0351. The van der Waals surface area contributed by atoms with Crippen LogP contribution in [0.4, 0.5) is 0 Å². The smallest absolute Gasteiger partial charge is 0.151 e. The summed E-state index contributed by atoms with van der Waals surface area (Å²) in [7, 11) is 1.87. The normalized spacial score (nSPS) is 17.9. The standard InChI is InChI=1S/C19H19N5O2/c1-23-11-16(10-21-23)18-8-17(26-22-18)12-24-5-6-25-19(13-24)15-4-2-3-14(7-15)9-20/h2-4,7-8,10-11,19H,5-6,12-13H2,1H3. The zero-order chi connectivity index (χ0) is 17.9. The Hall–Kier alpha value is -2.95. The molecule has 0 spiro atoms. The molecule has 7 nitrogen and oxygen atoms in total. The van der Waals surface area contributed by atoms with Gasteiger partial charge in [0.15, 0.2) is 5.76 Å². The van der Waals surface area contributed by atoms with Crippen LogP contribution in [0.5, 0.6) is 0 Å². The number of benzene rings is 1. The summed E-state index contributed by atoms with van der Waals surface area (Å²) in [5, 5.41) is 17.4. The van der Waals surface area contributed by atoms with Gasteiger partial charge in [-0.3, -0.25) is 9.58 Å². The predicted molar refractivity (Wildman–Crippen MR) is 93.8 cm³/mol. The molecule has 1 saturated heterocycles. The third-order valence-electron chi connectivity index (χ3n) is 4.48. The first-order valence-corrected chi connectivity index (χ1v) is 8.50. The van der Waals surface area contributed by atoms with Crippen molar-refractivity contribution >= 4 is 0 Å². The third kappa shape index (κ3) is 3.52. The molecule has 0 amide bonds. The van der Waals surface area contributed by atoms with E-state index in [1.807, 2.05) is 37.5 Å². The monoisotopic (exact) mass is 349 g/mol. The van der Waals surface area contributed by atoms with E-state index in [0.29, 0.717) is 18.7 Å². The summed E-state index contributed by atoms with van der Waals surface area (Å²) in [6, 6.07) is 11.7. The number of nitrogens with zero attached hydrogens (tertiary/aromatic N) is 5. The first kappa shape index (κ1) is 16.5. The number of rotatable bonds is 4. The van der Waals surface area contributed by atoms with E-state index >= 15 is 0 Å². The SMILES string of the molecule is Cn1cc(-c2cc(CN3CCOC(c4cccc(C#N)c4)C3)on2)cn1. The molecule has 2 aromatic heterocycles. The summed E-state index contributed by atoms with van der Waals surface area (Å²) in [6.07, 6.45) is 3.64. The molecule has 132 valence electrons. The molecule has 3 heterocycles. The van der Waals surface area contributed by atoms with Gasteiger partial charge in [0.1, 0.15) is 5.69 Å². The highest BCUT2D eigenvalue weighted by Gasteiger charge is 2.23. The number of aromatic nitrogens is 3. The lowest BCUT2D eigenvalue weighted by Crippen LogP contribution is -2.37. The Labute approximate surface area is 151 Å². The average Bonchev–Trinajstić information content (AvgIpc) is 3.31. The summed E-state index contributed by atoms with van der Waals surface area (Å²) in [5.41, 5.74) is 3.41. The van der Waals surface area contributed by atoms with Gasteiger partial charge < -0.3 is 9.26 Å². The lowest BCUT2D eigenvalue weighted by atomic mass is 10.0. The largest absolute Gasteiger partial charge is 0.371 e. The fourth-order valence-electron chi connectivity index (χ4n) is 3.15. The molecule has 7 heteroatoms. The van der Waals surface area contributed by atoms with Crippen molar-refractivity contribution < 1.29 is 9.26 Å². The maximum atomic E-state index is 9.08. The van der Waals surface area contributed by atoms with Crippen molar-refractivity contribution in [3.05, 3.63) is 59.6 Å². The second-order valence-electron chi connectivity index (χ2n) is 6.41. The number of nitriles is 1. The van der Waals surface area contributed by atoms with Crippen LogP contribution in [0.3, 0.4) is 0 Å². The molecule has 1 fully saturated rings. The molecule has 0 N–H and O–H groups in total. The van der Waals surface area contributed by atoms with Gasteiger partial charge in [0, 0.05) is 38.0 Å². The Morgan fingerprint density at radius 1 is 1.35 bits per heavy atom. The van der Waals surface area contributed by atoms with Crippen molar-refractivity contribution in [2.45, 2.75) is 12.6 Å². The van der Waals surface area contributed by atoms with E-state index in [2.05, 4.69) is 21.2 Å².